The van der Waals surface area contributed by atoms with Gasteiger partial charge in [0.05, 0.1) is 30.8 Å². The molecule has 8 heteroatoms. The van der Waals surface area contributed by atoms with Gasteiger partial charge in [-0.15, -0.1) is 0 Å². The summed E-state index contributed by atoms with van der Waals surface area (Å²) in [5.74, 6) is 3.50. The Morgan fingerprint density at radius 2 is 1.69 bits per heavy atom. The number of piperidine rings is 1. The molecule has 0 radical (unpaired) electrons. The third kappa shape index (κ3) is 3.36. The lowest BCUT2D eigenvalue weighted by Crippen LogP contribution is -2.36. The molecule has 1 aliphatic rings. The molecule has 0 atom stereocenters. The standard InChI is InChI=1S/C24H28N6O2/c1-4-22-26-17-7-5-6-8-19(17)30(22)15-9-11-29(12-10-15)24-27-18-14-21(32-3)20(31-2)13-16(18)23(25)28-24/h5-8,13-15H,4,9-12H2,1-3H3,(H2,25,27,28). The zero-order valence-electron chi connectivity index (χ0n) is 18.7. The lowest BCUT2D eigenvalue weighted by Gasteiger charge is -2.33. The second kappa shape index (κ2) is 8.18. The largest absolute Gasteiger partial charge is 0.493 e. The maximum atomic E-state index is 6.30. The van der Waals surface area contributed by atoms with Crippen LogP contribution < -0.4 is 20.1 Å². The highest BCUT2D eigenvalue weighted by Crippen LogP contribution is 2.35. The van der Waals surface area contributed by atoms with Gasteiger partial charge in [-0.1, -0.05) is 19.1 Å². The molecule has 8 nitrogen and oxygen atoms in total. The Hall–Kier alpha value is -3.55. The molecule has 0 saturated carbocycles. The van der Waals surface area contributed by atoms with Crippen molar-refractivity contribution in [3.8, 4) is 11.5 Å². The van der Waals surface area contributed by atoms with Crippen LogP contribution in [0.2, 0.25) is 0 Å². The first-order valence-corrected chi connectivity index (χ1v) is 11.0. The maximum Gasteiger partial charge on any atom is 0.227 e. The monoisotopic (exact) mass is 432 g/mol. The molecule has 2 aromatic carbocycles. The molecule has 5 rings (SSSR count). The molecular weight excluding hydrogens is 404 g/mol. The van der Waals surface area contributed by atoms with Crippen LogP contribution in [0.5, 0.6) is 11.5 Å². The first-order chi connectivity index (χ1) is 15.6. The minimum atomic E-state index is 0.413. The summed E-state index contributed by atoms with van der Waals surface area (Å²) >= 11 is 0. The minimum absolute atomic E-state index is 0.413. The average Bonchev–Trinajstić information content (AvgIpc) is 3.22. The van der Waals surface area contributed by atoms with Crippen LogP contribution in [0.25, 0.3) is 21.9 Å². The number of anilines is 2. The third-order valence-electron chi connectivity index (χ3n) is 6.32. The van der Waals surface area contributed by atoms with Crippen LogP contribution in [0, 0.1) is 0 Å². The van der Waals surface area contributed by atoms with Crippen molar-refractivity contribution in [1.29, 1.82) is 0 Å². The highest BCUT2D eigenvalue weighted by Gasteiger charge is 2.26. The quantitative estimate of drug-likeness (QED) is 0.510. The molecule has 0 unspecified atom stereocenters. The second-order valence-corrected chi connectivity index (χ2v) is 8.09. The Morgan fingerprint density at radius 3 is 2.41 bits per heavy atom. The van der Waals surface area contributed by atoms with E-state index in [9.17, 15) is 0 Å². The van der Waals surface area contributed by atoms with Gasteiger partial charge < -0.3 is 24.7 Å². The fourth-order valence-electron chi connectivity index (χ4n) is 4.68. The van der Waals surface area contributed by atoms with E-state index in [1.54, 1.807) is 14.2 Å². The number of rotatable bonds is 5. The zero-order valence-corrected chi connectivity index (χ0v) is 18.7. The number of hydrogen-bond acceptors (Lipinski definition) is 7. The normalized spacial score (nSPS) is 14.9. The lowest BCUT2D eigenvalue weighted by molar-refractivity contribution is 0.356. The van der Waals surface area contributed by atoms with Gasteiger partial charge in [0.2, 0.25) is 5.95 Å². The van der Waals surface area contributed by atoms with Crippen molar-refractivity contribution in [3.05, 3.63) is 42.2 Å². The van der Waals surface area contributed by atoms with E-state index in [0.717, 1.165) is 54.6 Å². The highest BCUT2D eigenvalue weighted by molar-refractivity contribution is 5.91. The summed E-state index contributed by atoms with van der Waals surface area (Å²) in [7, 11) is 3.22. The van der Waals surface area contributed by atoms with E-state index in [4.69, 9.17) is 25.2 Å². The van der Waals surface area contributed by atoms with Gasteiger partial charge in [-0.3, -0.25) is 0 Å². The first-order valence-electron chi connectivity index (χ1n) is 11.0. The van der Waals surface area contributed by atoms with Crippen molar-refractivity contribution in [2.75, 3.05) is 37.9 Å². The molecule has 0 spiro atoms. The van der Waals surface area contributed by atoms with Gasteiger partial charge in [0.1, 0.15) is 11.6 Å². The number of para-hydroxylation sites is 2. The van der Waals surface area contributed by atoms with Gasteiger partial charge >= 0.3 is 0 Å². The second-order valence-electron chi connectivity index (χ2n) is 8.09. The molecule has 4 aromatic rings. The predicted molar refractivity (Wildman–Crippen MR) is 127 cm³/mol. The van der Waals surface area contributed by atoms with Crippen LogP contribution in [0.3, 0.4) is 0 Å². The van der Waals surface area contributed by atoms with E-state index >= 15 is 0 Å². The van der Waals surface area contributed by atoms with Crippen LogP contribution in [-0.4, -0.2) is 46.8 Å². The summed E-state index contributed by atoms with van der Waals surface area (Å²) in [4.78, 5) is 16.5. The number of fused-ring (bicyclic) bond motifs is 2. The van der Waals surface area contributed by atoms with E-state index in [1.807, 2.05) is 18.2 Å². The molecule has 1 aliphatic heterocycles. The number of methoxy groups -OCH3 is 2. The smallest absolute Gasteiger partial charge is 0.227 e. The van der Waals surface area contributed by atoms with Gasteiger partial charge in [-0.2, -0.15) is 4.98 Å². The highest BCUT2D eigenvalue weighted by atomic mass is 16.5. The maximum absolute atomic E-state index is 6.30. The van der Waals surface area contributed by atoms with Crippen LogP contribution in [0.4, 0.5) is 11.8 Å². The number of ether oxygens (including phenoxy) is 2. The van der Waals surface area contributed by atoms with Gasteiger partial charge in [0.25, 0.3) is 0 Å². The summed E-state index contributed by atoms with van der Waals surface area (Å²) < 4.78 is 13.3. The molecule has 0 bridgehead atoms. The number of imidazole rings is 1. The summed E-state index contributed by atoms with van der Waals surface area (Å²) in [6, 6.07) is 12.5. The van der Waals surface area contributed by atoms with Gasteiger partial charge in [-0.25, -0.2) is 9.97 Å². The van der Waals surface area contributed by atoms with E-state index in [2.05, 4.69) is 39.6 Å². The van der Waals surface area contributed by atoms with Crippen molar-refractivity contribution in [1.82, 2.24) is 19.5 Å². The number of hydrogen-bond donors (Lipinski definition) is 1. The summed E-state index contributed by atoms with van der Waals surface area (Å²) in [5.41, 5.74) is 9.34. The van der Waals surface area contributed by atoms with Crippen LogP contribution in [0.1, 0.15) is 31.6 Å². The molecule has 3 heterocycles. The molecule has 2 aromatic heterocycles. The number of nitrogens with two attached hydrogens (primary N) is 1. The molecule has 1 fully saturated rings. The Morgan fingerprint density at radius 1 is 0.969 bits per heavy atom. The molecule has 1 saturated heterocycles. The van der Waals surface area contributed by atoms with Crippen molar-refractivity contribution in [2.45, 2.75) is 32.2 Å². The molecule has 2 N–H and O–H groups in total. The Labute approximate surface area is 187 Å². The molecule has 0 amide bonds. The third-order valence-corrected chi connectivity index (χ3v) is 6.32. The Balaban J connectivity index is 1.42. The van der Waals surface area contributed by atoms with Crippen LogP contribution in [0.15, 0.2) is 36.4 Å². The van der Waals surface area contributed by atoms with Crippen molar-refractivity contribution in [2.24, 2.45) is 0 Å². The number of nitrogen functional groups attached to an aromatic ring is 1. The van der Waals surface area contributed by atoms with E-state index < -0.39 is 0 Å². The predicted octanol–water partition coefficient (Wildman–Crippen LogP) is 3.98. The molecule has 166 valence electrons. The first kappa shape index (κ1) is 20.4. The average molecular weight is 433 g/mol. The molecular formula is C24H28N6O2. The SMILES string of the molecule is CCc1nc2ccccc2n1C1CCN(c2nc(N)c3cc(OC)c(OC)cc3n2)CC1. The van der Waals surface area contributed by atoms with Crippen LogP contribution >= 0.6 is 0 Å². The Bertz CT molecular complexity index is 1280. The summed E-state index contributed by atoms with van der Waals surface area (Å²) in [6.07, 6.45) is 2.92. The molecule has 32 heavy (non-hydrogen) atoms. The Kier molecular flexibility index (Phi) is 5.20. The van der Waals surface area contributed by atoms with Crippen molar-refractivity contribution >= 4 is 33.7 Å². The summed E-state index contributed by atoms with van der Waals surface area (Å²) in [5, 5.41) is 0.763. The van der Waals surface area contributed by atoms with E-state index in [-0.39, 0.29) is 0 Å². The number of benzene rings is 2. The lowest BCUT2D eigenvalue weighted by atomic mass is 10.0. The minimum Gasteiger partial charge on any atom is -0.493 e. The van der Waals surface area contributed by atoms with Crippen molar-refractivity contribution < 1.29 is 9.47 Å². The van der Waals surface area contributed by atoms with Crippen molar-refractivity contribution in [3.63, 3.8) is 0 Å². The topological polar surface area (TPSA) is 91.3 Å². The van der Waals surface area contributed by atoms with Crippen LogP contribution in [-0.2, 0) is 6.42 Å². The number of aromatic nitrogens is 4. The van der Waals surface area contributed by atoms with Gasteiger partial charge in [0.15, 0.2) is 11.5 Å². The summed E-state index contributed by atoms with van der Waals surface area (Å²) in [6.45, 7) is 3.89. The number of aryl methyl sites for hydroxylation is 1. The fourth-order valence-corrected chi connectivity index (χ4v) is 4.68. The van der Waals surface area contributed by atoms with E-state index in [0.29, 0.717) is 29.3 Å². The number of nitrogens with zero attached hydrogens (tertiary/aromatic N) is 5. The molecule has 0 aliphatic carbocycles. The zero-order chi connectivity index (χ0) is 22.2. The van der Waals surface area contributed by atoms with Gasteiger partial charge in [-0.05, 0) is 31.0 Å². The fraction of sp³-hybridized carbons (Fsp3) is 0.375. The van der Waals surface area contributed by atoms with Gasteiger partial charge in [0, 0.05) is 37.0 Å². The van der Waals surface area contributed by atoms with E-state index in [1.165, 1.54) is 5.52 Å².